The first-order valence-electron chi connectivity index (χ1n) is 8.55. The molecule has 25 heavy (non-hydrogen) atoms. The Labute approximate surface area is 157 Å². The predicted molar refractivity (Wildman–Crippen MR) is 105 cm³/mol. The van der Waals surface area contributed by atoms with Gasteiger partial charge in [0.05, 0.1) is 5.75 Å². The van der Waals surface area contributed by atoms with Crippen molar-refractivity contribution in [2.75, 3.05) is 38.5 Å². The van der Waals surface area contributed by atoms with E-state index in [4.69, 9.17) is 0 Å². The lowest BCUT2D eigenvalue weighted by atomic mass is 10.2. The molecule has 1 aromatic heterocycles. The van der Waals surface area contributed by atoms with Crippen LogP contribution in [0.25, 0.3) is 0 Å². The first-order chi connectivity index (χ1) is 12.2. The van der Waals surface area contributed by atoms with Gasteiger partial charge in [-0.2, -0.15) is 0 Å². The smallest absolute Gasteiger partial charge is 0.232 e. The van der Waals surface area contributed by atoms with Gasteiger partial charge >= 0.3 is 0 Å². The number of hydrogen-bond acceptors (Lipinski definition) is 5. The van der Waals surface area contributed by atoms with Crippen molar-refractivity contribution in [1.82, 2.24) is 9.80 Å². The van der Waals surface area contributed by atoms with E-state index in [1.54, 1.807) is 23.1 Å². The molecule has 1 atom stereocenters. The normalized spacial score (nSPS) is 16.8. The number of carbonyl (C=O) groups is 1. The topological polar surface area (TPSA) is 43.8 Å². The number of benzene rings is 1. The van der Waals surface area contributed by atoms with Crippen LogP contribution in [0.1, 0.15) is 16.5 Å². The maximum absolute atomic E-state index is 12.3. The van der Waals surface area contributed by atoms with Crippen molar-refractivity contribution in [1.29, 1.82) is 0 Å². The minimum absolute atomic E-state index is 0.222. The monoisotopic (exact) mass is 376 g/mol. The van der Waals surface area contributed by atoms with Crippen LogP contribution in [0.5, 0.6) is 0 Å². The number of amides is 1. The van der Waals surface area contributed by atoms with Gasteiger partial charge in [-0.25, -0.2) is 0 Å². The molecule has 0 aliphatic carbocycles. The highest BCUT2D eigenvalue weighted by Gasteiger charge is 2.23. The van der Waals surface area contributed by atoms with E-state index in [-0.39, 0.29) is 5.91 Å². The van der Waals surface area contributed by atoms with Crippen molar-refractivity contribution in [3.05, 3.63) is 58.3 Å². The first kappa shape index (κ1) is 18.5. The van der Waals surface area contributed by atoms with Crippen LogP contribution in [0, 0.1) is 0 Å². The number of thioether (sulfide) groups is 1. The molecule has 1 aliphatic heterocycles. The Kier molecular flexibility index (Phi) is 6.93. The molecule has 3 rings (SSSR count). The van der Waals surface area contributed by atoms with Crippen molar-refractivity contribution < 1.29 is 9.90 Å². The summed E-state index contributed by atoms with van der Waals surface area (Å²) in [4.78, 5) is 17.5. The Balaban J connectivity index is 1.36. The fourth-order valence-corrected chi connectivity index (χ4v) is 4.51. The van der Waals surface area contributed by atoms with Gasteiger partial charge in [-0.3, -0.25) is 9.69 Å². The summed E-state index contributed by atoms with van der Waals surface area (Å²) in [7, 11) is 0. The van der Waals surface area contributed by atoms with Crippen LogP contribution in [0.4, 0.5) is 0 Å². The van der Waals surface area contributed by atoms with E-state index in [1.165, 1.54) is 5.56 Å². The van der Waals surface area contributed by atoms with Crippen molar-refractivity contribution in [2.24, 2.45) is 0 Å². The maximum atomic E-state index is 12.3. The van der Waals surface area contributed by atoms with Crippen LogP contribution in [0.3, 0.4) is 0 Å². The molecule has 1 aliphatic rings. The van der Waals surface area contributed by atoms with E-state index < -0.39 is 6.10 Å². The average Bonchev–Trinajstić information content (AvgIpc) is 3.18. The molecule has 2 heterocycles. The molecule has 0 radical (unpaired) electrons. The van der Waals surface area contributed by atoms with Crippen LogP contribution in [-0.4, -0.2) is 59.3 Å². The average molecular weight is 377 g/mol. The van der Waals surface area contributed by atoms with Gasteiger partial charge < -0.3 is 10.0 Å². The Morgan fingerprint density at radius 3 is 2.56 bits per heavy atom. The minimum Gasteiger partial charge on any atom is -0.386 e. The molecule has 1 aromatic carbocycles. The van der Waals surface area contributed by atoms with E-state index in [1.807, 2.05) is 40.6 Å². The maximum Gasteiger partial charge on any atom is 0.232 e. The van der Waals surface area contributed by atoms with Gasteiger partial charge in [-0.15, -0.1) is 23.1 Å². The molecule has 1 saturated heterocycles. The summed E-state index contributed by atoms with van der Waals surface area (Å²) in [6, 6.07) is 14.2. The van der Waals surface area contributed by atoms with E-state index in [0.29, 0.717) is 12.3 Å². The second-order valence-electron chi connectivity index (χ2n) is 6.19. The standard InChI is InChI=1S/C19H24N2O2S2/c22-17(18-7-4-12-25-18)13-20-8-10-21(11-9-20)19(23)15-24-14-16-5-2-1-3-6-16/h1-7,12,17,22H,8-11,13-15H2/t17-/m0/s1. The number of rotatable bonds is 7. The molecular formula is C19H24N2O2S2. The molecule has 4 nitrogen and oxygen atoms in total. The molecule has 0 spiro atoms. The number of β-amino-alcohol motifs (C(OH)–C–C–N with tert-alkyl or cyclic N) is 1. The third-order valence-electron chi connectivity index (χ3n) is 4.36. The molecule has 0 unspecified atom stereocenters. The third kappa shape index (κ3) is 5.57. The largest absolute Gasteiger partial charge is 0.386 e. The number of aliphatic hydroxyl groups is 1. The summed E-state index contributed by atoms with van der Waals surface area (Å²) < 4.78 is 0. The molecule has 1 fully saturated rings. The van der Waals surface area contributed by atoms with Gasteiger partial charge in [0, 0.05) is 43.4 Å². The first-order valence-corrected chi connectivity index (χ1v) is 10.6. The van der Waals surface area contributed by atoms with E-state index >= 15 is 0 Å². The van der Waals surface area contributed by atoms with Gasteiger partial charge in [-0.1, -0.05) is 36.4 Å². The van der Waals surface area contributed by atoms with Crippen molar-refractivity contribution >= 4 is 29.0 Å². The summed E-state index contributed by atoms with van der Waals surface area (Å²) in [5.41, 5.74) is 1.26. The van der Waals surface area contributed by atoms with Crippen LogP contribution in [-0.2, 0) is 10.5 Å². The highest BCUT2D eigenvalue weighted by atomic mass is 32.2. The highest BCUT2D eigenvalue weighted by Crippen LogP contribution is 2.20. The van der Waals surface area contributed by atoms with Crippen LogP contribution < -0.4 is 0 Å². The fraction of sp³-hybridized carbons (Fsp3) is 0.421. The van der Waals surface area contributed by atoms with E-state index in [0.717, 1.165) is 36.8 Å². The summed E-state index contributed by atoms with van der Waals surface area (Å²) in [6.45, 7) is 3.81. The molecule has 2 aromatic rings. The predicted octanol–water partition coefficient (Wildman–Crippen LogP) is 2.86. The van der Waals surface area contributed by atoms with Crippen LogP contribution in [0.2, 0.25) is 0 Å². The lowest BCUT2D eigenvalue weighted by Gasteiger charge is -2.35. The number of thiophene rings is 1. The van der Waals surface area contributed by atoms with Gasteiger partial charge in [0.2, 0.25) is 5.91 Å². The van der Waals surface area contributed by atoms with Gasteiger partial charge in [-0.05, 0) is 17.0 Å². The lowest BCUT2D eigenvalue weighted by Crippen LogP contribution is -2.50. The number of carbonyl (C=O) groups excluding carboxylic acids is 1. The van der Waals surface area contributed by atoms with E-state index in [9.17, 15) is 9.90 Å². The zero-order valence-electron chi connectivity index (χ0n) is 14.2. The van der Waals surface area contributed by atoms with Gasteiger partial charge in [0.25, 0.3) is 0 Å². The number of hydrogen-bond donors (Lipinski definition) is 1. The Morgan fingerprint density at radius 1 is 1.12 bits per heavy atom. The quantitative estimate of drug-likeness (QED) is 0.807. The van der Waals surface area contributed by atoms with Crippen molar-refractivity contribution in [2.45, 2.75) is 11.9 Å². The molecule has 0 saturated carbocycles. The molecule has 0 bridgehead atoms. The lowest BCUT2D eigenvalue weighted by molar-refractivity contribution is -0.130. The van der Waals surface area contributed by atoms with Crippen molar-refractivity contribution in [3.63, 3.8) is 0 Å². The molecule has 1 N–H and O–H groups in total. The summed E-state index contributed by atoms with van der Waals surface area (Å²) in [5, 5.41) is 12.2. The second kappa shape index (κ2) is 9.38. The molecule has 1 amide bonds. The Bertz CT molecular complexity index is 641. The number of nitrogens with zero attached hydrogens (tertiary/aromatic N) is 2. The van der Waals surface area contributed by atoms with Gasteiger partial charge in [0.1, 0.15) is 6.10 Å². The summed E-state index contributed by atoms with van der Waals surface area (Å²) >= 11 is 3.26. The zero-order chi connectivity index (χ0) is 17.5. The summed E-state index contributed by atoms with van der Waals surface area (Å²) in [6.07, 6.45) is -0.427. The SMILES string of the molecule is O=C(CSCc1ccccc1)N1CCN(C[C@H](O)c2cccs2)CC1. The third-order valence-corrected chi connectivity index (χ3v) is 6.33. The fourth-order valence-electron chi connectivity index (χ4n) is 2.92. The second-order valence-corrected chi connectivity index (χ2v) is 8.16. The number of aliphatic hydroxyl groups excluding tert-OH is 1. The summed E-state index contributed by atoms with van der Waals surface area (Å²) in [5.74, 6) is 1.63. The highest BCUT2D eigenvalue weighted by molar-refractivity contribution is 7.99. The number of piperazine rings is 1. The van der Waals surface area contributed by atoms with E-state index in [2.05, 4.69) is 17.0 Å². The zero-order valence-corrected chi connectivity index (χ0v) is 15.8. The minimum atomic E-state index is -0.427. The molecule has 134 valence electrons. The van der Waals surface area contributed by atoms with Crippen molar-refractivity contribution in [3.8, 4) is 0 Å². The Hall–Kier alpha value is -1.34. The van der Waals surface area contributed by atoms with Crippen LogP contribution >= 0.6 is 23.1 Å². The Morgan fingerprint density at radius 2 is 1.88 bits per heavy atom. The molecule has 6 heteroatoms. The van der Waals surface area contributed by atoms with Gasteiger partial charge in [0.15, 0.2) is 0 Å². The molecular weight excluding hydrogens is 352 g/mol. The van der Waals surface area contributed by atoms with Crippen LogP contribution in [0.15, 0.2) is 47.8 Å².